The first-order valence-corrected chi connectivity index (χ1v) is 8.96. The lowest BCUT2D eigenvalue weighted by molar-refractivity contribution is -0.123. The number of amides is 3. The van der Waals surface area contributed by atoms with Crippen molar-refractivity contribution in [1.29, 1.82) is 0 Å². The van der Waals surface area contributed by atoms with Crippen LogP contribution in [-0.4, -0.2) is 36.0 Å². The van der Waals surface area contributed by atoms with Crippen molar-refractivity contribution in [3.8, 4) is 0 Å². The fourth-order valence-electron chi connectivity index (χ4n) is 3.06. The third-order valence-electron chi connectivity index (χ3n) is 4.79. The van der Waals surface area contributed by atoms with E-state index in [1.165, 1.54) is 5.56 Å². The van der Waals surface area contributed by atoms with Crippen molar-refractivity contribution in [3.63, 3.8) is 0 Å². The molecular weight excluding hydrogens is 350 g/mol. The van der Waals surface area contributed by atoms with Crippen LogP contribution in [-0.2, 0) is 4.79 Å². The fraction of sp³-hybridized carbons (Fsp3) is 0.300. The highest BCUT2D eigenvalue weighted by molar-refractivity contribution is 6.30. The van der Waals surface area contributed by atoms with Gasteiger partial charge in [-0.15, -0.1) is 0 Å². The topological polar surface area (TPSA) is 52.6 Å². The summed E-state index contributed by atoms with van der Waals surface area (Å²) in [6.45, 7) is 6.76. The third-order valence-corrected chi connectivity index (χ3v) is 5.03. The Morgan fingerprint density at radius 1 is 1.12 bits per heavy atom. The van der Waals surface area contributed by atoms with Gasteiger partial charge in [-0.2, -0.15) is 0 Å². The second-order valence-electron chi connectivity index (χ2n) is 6.57. The van der Waals surface area contributed by atoms with E-state index >= 15 is 0 Å². The van der Waals surface area contributed by atoms with Gasteiger partial charge in [0.05, 0.1) is 0 Å². The van der Waals surface area contributed by atoms with Crippen molar-refractivity contribution in [3.05, 3.63) is 58.6 Å². The van der Waals surface area contributed by atoms with E-state index < -0.39 is 6.04 Å². The quantitative estimate of drug-likeness (QED) is 0.859. The van der Waals surface area contributed by atoms with Crippen LogP contribution in [0.2, 0.25) is 5.02 Å². The van der Waals surface area contributed by atoms with Gasteiger partial charge in [0.1, 0.15) is 6.04 Å². The van der Waals surface area contributed by atoms with Crippen LogP contribution in [0.4, 0.5) is 16.2 Å². The lowest BCUT2D eigenvalue weighted by Crippen LogP contribution is -2.58. The predicted octanol–water partition coefficient (Wildman–Crippen LogP) is 4.23. The molecule has 1 fully saturated rings. The van der Waals surface area contributed by atoms with E-state index in [0.717, 1.165) is 11.3 Å². The van der Waals surface area contributed by atoms with Gasteiger partial charge in [0.2, 0.25) is 5.91 Å². The molecule has 0 saturated carbocycles. The van der Waals surface area contributed by atoms with Gasteiger partial charge in [0.25, 0.3) is 0 Å². The molecule has 1 saturated heterocycles. The summed E-state index contributed by atoms with van der Waals surface area (Å²) in [4.78, 5) is 28.7. The Kier molecular flexibility index (Phi) is 5.18. The van der Waals surface area contributed by atoms with Gasteiger partial charge in [0.15, 0.2) is 0 Å². The molecule has 0 aromatic heterocycles. The van der Waals surface area contributed by atoms with Crippen LogP contribution < -0.4 is 10.2 Å². The van der Waals surface area contributed by atoms with E-state index in [4.69, 9.17) is 11.6 Å². The van der Waals surface area contributed by atoms with Crippen molar-refractivity contribution in [1.82, 2.24) is 4.90 Å². The number of carbonyl (C=O) groups excluding carboxylic acids is 2. The predicted molar refractivity (Wildman–Crippen MR) is 105 cm³/mol. The van der Waals surface area contributed by atoms with Crippen molar-refractivity contribution >= 4 is 34.9 Å². The summed E-state index contributed by atoms with van der Waals surface area (Å²) in [5.41, 5.74) is 3.82. The first-order valence-electron chi connectivity index (χ1n) is 8.58. The number of piperazine rings is 1. The van der Waals surface area contributed by atoms with E-state index in [0.29, 0.717) is 23.8 Å². The Labute approximate surface area is 158 Å². The van der Waals surface area contributed by atoms with E-state index in [9.17, 15) is 9.59 Å². The van der Waals surface area contributed by atoms with Crippen LogP contribution in [0.1, 0.15) is 18.1 Å². The van der Waals surface area contributed by atoms with Gasteiger partial charge in [-0.3, -0.25) is 4.79 Å². The maximum Gasteiger partial charge on any atom is 0.322 e. The second kappa shape index (κ2) is 7.38. The Morgan fingerprint density at radius 2 is 1.88 bits per heavy atom. The zero-order valence-corrected chi connectivity index (χ0v) is 15.9. The molecule has 3 amide bonds. The molecule has 0 bridgehead atoms. The molecule has 0 spiro atoms. The fourth-order valence-corrected chi connectivity index (χ4v) is 3.25. The minimum absolute atomic E-state index is 0.0826. The van der Waals surface area contributed by atoms with Crippen LogP contribution >= 0.6 is 11.6 Å². The maximum atomic E-state index is 12.8. The molecule has 3 rings (SSSR count). The van der Waals surface area contributed by atoms with Gasteiger partial charge in [-0.05, 0) is 62.2 Å². The zero-order chi connectivity index (χ0) is 18.8. The van der Waals surface area contributed by atoms with E-state index in [-0.39, 0.29) is 11.9 Å². The van der Waals surface area contributed by atoms with Crippen molar-refractivity contribution in [2.75, 3.05) is 23.3 Å². The first-order chi connectivity index (χ1) is 12.4. The Balaban J connectivity index is 1.72. The number of benzene rings is 2. The minimum atomic E-state index is -0.537. The average Bonchev–Trinajstić information content (AvgIpc) is 2.60. The molecule has 1 aliphatic heterocycles. The first kappa shape index (κ1) is 18.3. The molecule has 0 unspecified atom stereocenters. The van der Waals surface area contributed by atoms with Crippen LogP contribution in [0.3, 0.4) is 0 Å². The zero-order valence-electron chi connectivity index (χ0n) is 15.1. The van der Waals surface area contributed by atoms with Crippen molar-refractivity contribution < 1.29 is 9.59 Å². The SMILES string of the molecule is Cc1ccc(N2CCN(C(=O)Nc3cccc(Cl)c3)[C@@H](C)C2=O)cc1C. The van der Waals surface area contributed by atoms with Gasteiger partial charge in [-0.1, -0.05) is 23.7 Å². The summed E-state index contributed by atoms with van der Waals surface area (Å²) in [6, 6.07) is 12.1. The number of urea groups is 1. The molecule has 2 aromatic rings. The highest BCUT2D eigenvalue weighted by atomic mass is 35.5. The number of anilines is 2. The molecule has 1 N–H and O–H groups in total. The highest BCUT2D eigenvalue weighted by Crippen LogP contribution is 2.24. The number of carbonyl (C=O) groups is 2. The smallest absolute Gasteiger partial charge is 0.311 e. The minimum Gasteiger partial charge on any atom is -0.311 e. The molecule has 1 heterocycles. The largest absolute Gasteiger partial charge is 0.322 e. The number of halogens is 1. The monoisotopic (exact) mass is 371 g/mol. The van der Waals surface area contributed by atoms with Gasteiger partial charge < -0.3 is 15.1 Å². The summed E-state index contributed by atoms with van der Waals surface area (Å²) in [6.07, 6.45) is 0. The summed E-state index contributed by atoms with van der Waals surface area (Å²) in [5, 5.41) is 3.35. The number of hydrogen-bond acceptors (Lipinski definition) is 2. The number of nitrogens with one attached hydrogen (secondary N) is 1. The number of nitrogens with zero attached hydrogens (tertiary/aromatic N) is 2. The van der Waals surface area contributed by atoms with E-state index in [2.05, 4.69) is 5.32 Å². The Hall–Kier alpha value is -2.53. The molecule has 1 atom stereocenters. The summed E-state index contributed by atoms with van der Waals surface area (Å²) in [5.74, 6) is -0.0826. The molecule has 136 valence electrons. The number of aryl methyl sites for hydroxylation is 2. The lowest BCUT2D eigenvalue weighted by atomic mass is 10.1. The molecular formula is C20H22ClN3O2. The molecule has 0 radical (unpaired) electrons. The van der Waals surface area contributed by atoms with Crippen LogP contribution in [0.15, 0.2) is 42.5 Å². The molecule has 0 aliphatic carbocycles. The van der Waals surface area contributed by atoms with Gasteiger partial charge >= 0.3 is 6.03 Å². The average molecular weight is 372 g/mol. The second-order valence-corrected chi connectivity index (χ2v) is 7.00. The molecule has 1 aliphatic rings. The van der Waals surface area contributed by atoms with Crippen LogP contribution in [0.5, 0.6) is 0 Å². The summed E-state index contributed by atoms with van der Waals surface area (Å²) < 4.78 is 0. The molecule has 26 heavy (non-hydrogen) atoms. The van der Waals surface area contributed by atoms with E-state index in [1.807, 2.05) is 32.0 Å². The van der Waals surface area contributed by atoms with Crippen LogP contribution in [0, 0.1) is 13.8 Å². The van der Waals surface area contributed by atoms with Crippen molar-refractivity contribution in [2.45, 2.75) is 26.8 Å². The molecule has 6 heteroatoms. The van der Waals surface area contributed by atoms with Gasteiger partial charge in [-0.25, -0.2) is 4.79 Å². The summed E-state index contributed by atoms with van der Waals surface area (Å²) in [7, 11) is 0. The van der Waals surface area contributed by atoms with Crippen molar-refractivity contribution in [2.24, 2.45) is 0 Å². The molecule has 5 nitrogen and oxygen atoms in total. The Bertz CT molecular complexity index is 853. The standard InChI is InChI=1S/C20H22ClN3O2/c1-13-7-8-18(11-14(13)2)24-10-9-23(15(3)19(24)25)20(26)22-17-6-4-5-16(21)12-17/h4-8,11-12,15H,9-10H2,1-3H3,(H,22,26)/t15-/m0/s1. The third kappa shape index (κ3) is 3.68. The highest BCUT2D eigenvalue weighted by Gasteiger charge is 2.35. The maximum absolute atomic E-state index is 12.8. The van der Waals surface area contributed by atoms with E-state index in [1.54, 1.807) is 41.0 Å². The Morgan fingerprint density at radius 3 is 2.58 bits per heavy atom. The normalized spacial score (nSPS) is 17.4. The van der Waals surface area contributed by atoms with Gasteiger partial charge in [0, 0.05) is 29.5 Å². The summed E-state index contributed by atoms with van der Waals surface area (Å²) >= 11 is 5.95. The number of hydrogen-bond donors (Lipinski definition) is 1. The lowest BCUT2D eigenvalue weighted by Gasteiger charge is -2.39. The van der Waals surface area contributed by atoms with Crippen LogP contribution in [0.25, 0.3) is 0 Å². The number of rotatable bonds is 2. The molecule has 2 aromatic carbocycles.